The lowest BCUT2D eigenvalue weighted by Crippen LogP contribution is -2.87. The number of amides is 2. The maximum Gasteiger partial charge on any atom is 0.348 e. The van der Waals surface area contributed by atoms with E-state index in [2.05, 4.69) is 11.2 Å². The Morgan fingerprint density at radius 1 is 1.39 bits per heavy atom. The Bertz CT molecular complexity index is 706. The molecule has 5 nitrogen and oxygen atoms in total. The highest BCUT2D eigenvalue weighted by atomic mass is 19.2. The molecule has 4 N–H and O–H groups in total. The standard InChI is InChI=1S/C16H15F2N3O2/c1-3-6-20-15(22)12(7-10(2)19)16(23)21-9-11-4-5-13(17)14(18)8-11/h1,4-5,7-8,19H,6,9H2,2H3,(H,20,22)(H,21,23)/p+1/b12-7-,19-10?. The van der Waals surface area contributed by atoms with Crippen molar-refractivity contribution in [2.45, 2.75) is 13.5 Å². The Morgan fingerprint density at radius 3 is 2.65 bits per heavy atom. The van der Waals surface area contributed by atoms with Crippen LogP contribution in [0.3, 0.4) is 0 Å². The number of carbonyl (C=O) groups excluding carboxylic acids is 2. The monoisotopic (exact) mass is 320 g/mol. The van der Waals surface area contributed by atoms with Crippen molar-refractivity contribution in [3.8, 4) is 12.3 Å². The molecule has 1 aromatic carbocycles. The molecule has 0 heterocycles. The molecule has 0 atom stereocenters. The van der Waals surface area contributed by atoms with Crippen molar-refractivity contribution in [3.63, 3.8) is 0 Å². The number of nitrogens with two attached hydrogens (primary N) is 1. The van der Waals surface area contributed by atoms with Gasteiger partial charge in [-0.3, -0.25) is 10.1 Å². The normalized spacial score (nSPS) is 10.8. The van der Waals surface area contributed by atoms with Crippen molar-refractivity contribution in [1.82, 2.24) is 5.32 Å². The van der Waals surface area contributed by atoms with Gasteiger partial charge in [-0.25, -0.2) is 13.6 Å². The van der Waals surface area contributed by atoms with Crippen LogP contribution in [0.1, 0.15) is 12.5 Å². The number of hydrogen-bond acceptors (Lipinski definition) is 3. The zero-order chi connectivity index (χ0) is 17.4. The fourth-order valence-electron chi connectivity index (χ4n) is 1.68. The summed E-state index contributed by atoms with van der Waals surface area (Å²) < 4.78 is 25.9. The summed E-state index contributed by atoms with van der Waals surface area (Å²) in [6.07, 6.45) is 6.15. The highest BCUT2D eigenvalue weighted by Gasteiger charge is 2.21. The van der Waals surface area contributed by atoms with E-state index in [-0.39, 0.29) is 24.4 Å². The molecule has 0 aromatic heterocycles. The quantitative estimate of drug-likeness (QED) is 0.231. The second-order valence-corrected chi connectivity index (χ2v) is 4.65. The molecular formula is C16H16F2N3O2+. The van der Waals surface area contributed by atoms with Crippen LogP contribution < -0.4 is 10.6 Å². The molecule has 7 heteroatoms. The Labute approximate surface area is 132 Å². The molecule has 0 fully saturated rings. The number of hydrogen-bond donors (Lipinski definition) is 3. The van der Waals surface area contributed by atoms with Crippen LogP contribution in [0.2, 0.25) is 0 Å². The highest BCUT2D eigenvalue weighted by Crippen LogP contribution is 2.07. The first-order chi connectivity index (χ1) is 10.8. The second-order valence-electron chi connectivity index (χ2n) is 4.65. The van der Waals surface area contributed by atoms with Gasteiger partial charge in [0, 0.05) is 11.3 Å². The maximum atomic E-state index is 13.1. The minimum atomic E-state index is -1.01. The van der Waals surface area contributed by atoms with Gasteiger partial charge in [-0.05, 0) is 25.1 Å². The molecule has 0 bridgehead atoms. The third-order valence-electron chi connectivity index (χ3n) is 2.73. The van der Waals surface area contributed by atoms with Crippen LogP contribution in [0.5, 0.6) is 0 Å². The van der Waals surface area contributed by atoms with Crippen molar-refractivity contribution in [2.24, 2.45) is 0 Å². The number of carbonyl (C=O) groups is 2. The molecule has 0 aliphatic heterocycles. The number of primary amides is 1. The van der Waals surface area contributed by atoms with Crippen LogP contribution in [-0.2, 0) is 16.1 Å². The molecule has 120 valence electrons. The first-order valence-electron chi connectivity index (χ1n) is 6.65. The predicted octanol–water partition coefficient (Wildman–Crippen LogP) is 0.270. The molecule has 0 unspecified atom stereocenters. The number of rotatable bonds is 6. The molecular weight excluding hydrogens is 304 g/mol. The molecule has 0 saturated carbocycles. The van der Waals surface area contributed by atoms with E-state index >= 15 is 0 Å². The van der Waals surface area contributed by atoms with E-state index in [4.69, 9.17) is 11.8 Å². The average molecular weight is 320 g/mol. The van der Waals surface area contributed by atoms with Crippen LogP contribution in [0, 0.1) is 29.4 Å². The van der Waals surface area contributed by atoms with Gasteiger partial charge in [0.15, 0.2) is 11.6 Å². The van der Waals surface area contributed by atoms with Crippen molar-refractivity contribution in [2.75, 3.05) is 6.54 Å². The topological polar surface area (TPSA) is 86.6 Å². The number of benzene rings is 1. The average Bonchev–Trinajstić information content (AvgIpc) is 2.50. The zero-order valence-electron chi connectivity index (χ0n) is 12.5. The zero-order valence-corrected chi connectivity index (χ0v) is 12.5. The van der Waals surface area contributed by atoms with E-state index in [1.165, 1.54) is 13.0 Å². The Kier molecular flexibility index (Phi) is 6.77. The van der Waals surface area contributed by atoms with Gasteiger partial charge in [0.1, 0.15) is 12.1 Å². The Hall–Kier alpha value is -2.85. The second kappa shape index (κ2) is 8.56. The van der Waals surface area contributed by atoms with Gasteiger partial charge >= 0.3 is 5.91 Å². The fraction of sp³-hybridized carbons (Fsp3) is 0.188. The summed E-state index contributed by atoms with van der Waals surface area (Å²) in [5.74, 6) is -1.11. The van der Waals surface area contributed by atoms with E-state index < -0.39 is 23.4 Å². The van der Waals surface area contributed by atoms with Gasteiger partial charge in [0.05, 0.1) is 6.54 Å². The van der Waals surface area contributed by atoms with Gasteiger partial charge in [-0.15, -0.1) is 6.42 Å². The van der Waals surface area contributed by atoms with Gasteiger partial charge in [-0.2, -0.15) is 0 Å². The van der Waals surface area contributed by atoms with Gasteiger partial charge in [-0.1, -0.05) is 12.0 Å². The van der Waals surface area contributed by atoms with Crippen molar-refractivity contribution < 1.29 is 23.7 Å². The molecule has 0 aliphatic rings. The van der Waals surface area contributed by atoms with Crippen LogP contribution in [-0.4, -0.2) is 24.1 Å². The fourth-order valence-corrected chi connectivity index (χ4v) is 1.68. The minimum absolute atomic E-state index is 0.0189. The molecule has 1 rings (SSSR count). The molecule has 2 amide bonds. The van der Waals surface area contributed by atoms with Crippen molar-refractivity contribution in [3.05, 3.63) is 47.0 Å². The summed E-state index contributed by atoms with van der Waals surface area (Å²) in [5.41, 5.74) is 0.160. The molecule has 0 aliphatic carbocycles. The van der Waals surface area contributed by atoms with Crippen LogP contribution >= 0.6 is 0 Å². The van der Waals surface area contributed by atoms with Gasteiger partial charge < -0.3 is 10.7 Å². The van der Waals surface area contributed by atoms with Crippen molar-refractivity contribution in [1.29, 1.82) is 5.41 Å². The first kappa shape index (κ1) is 18.2. The third-order valence-corrected chi connectivity index (χ3v) is 2.73. The molecule has 0 spiro atoms. The molecule has 0 radical (unpaired) electrons. The summed E-state index contributed by atoms with van der Waals surface area (Å²) in [7, 11) is 0. The Morgan fingerprint density at radius 2 is 2.09 bits per heavy atom. The lowest BCUT2D eigenvalue weighted by molar-refractivity contribution is -0.581. The van der Waals surface area contributed by atoms with E-state index in [1.807, 2.05) is 0 Å². The number of allylic oxidation sites excluding steroid dienone is 1. The van der Waals surface area contributed by atoms with Crippen LogP contribution in [0.4, 0.5) is 8.78 Å². The van der Waals surface area contributed by atoms with E-state index in [0.717, 1.165) is 23.5 Å². The number of halogens is 2. The summed E-state index contributed by atoms with van der Waals surface area (Å²) >= 11 is 0. The SMILES string of the molecule is C#CCNC(=O)/C(=C/C(C)=N)C(=O)[NH2+]Cc1ccc(F)c(F)c1. The number of terminal acetylenes is 1. The summed E-state index contributed by atoms with van der Waals surface area (Å²) in [4.78, 5) is 24.0. The summed E-state index contributed by atoms with van der Waals surface area (Å²) in [6, 6.07) is 3.27. The smallest absolute Gasteiger partial charge is 0.341 e. The predicted molar refractivity (Wildman–Crippen MR) is 80.3 cm³/mol. The number of quaternary nitrogens is 1. The first-order valence-corrected chi connectivity index (χ1v) is 6.65. The summed E-state index contributed by atoms with van der Waals surface area (Å²) in [6.45, 7) is 1.38. The minimum Gasteiger partial charge on any atom is -0.341 e. The van der Waals surface area contributed by atoms with Gasteiger partial charge in [0.2, 0.25) is 0 Å². The third kappa shape index (κ3) is 5.80. The molecule has 23 heavy (non-hydrogen) atoms. The van der Waals surface area contributed by atoms with E-state index in [1.54, 1.807) is 0 Å². The van der Waals surface area contributed by atoms with Crippen molar-refractivity contribution >= 4 is 17.5 Å². The number of nitrogens with one attached hydrogen (secondary N) is 2. The van der Waals surface area contributed by atoms with Crippen LogP contribution in [0.15, 0.2) is 29.8 Å². The lowest BCUT2D eigenvalue weighted by atomic mass is 10.1. The van der Waals surface area contributed by atoms with Gasteiger partial charge in [0.25, 0.3) is 5.91 Å². The van der Waals surface area contributed by atoms with Crippen LogP contribution in [0.25, 0.3) is 0 Å². The largest absolute Gasteiger partial charge is 0.348 e. The van der Waals surface area contributed by atoms with E-state index in [0.29, 0.717) is 5.56 Å². The Balaban J connectivity index is 2.81. The maximum absolute atomic E-state index is 13.1. The summed E-state index contributed by atoms with van der Waals surface area (Å²) in [5, 5.41) is 10.9. The lowest BCUT2D eigenvalue weighted by Gasteiger charge is -2.05. The van der Waals surface area contributed by atoms with E-state index in [9.17, 15) is 18.4 Å². The molecule has 0 saturated heterocycles. The highest BCUT2D eigenvalue weighted by molar-refractivity contribution is 6.18. The molecule has 1 aromatic rings.